The van der Waals surface area contributed by atoms with Crippen molar-refractivity contribution in [2.24, 2.45) is 0 Å². The maximum Gasteiger partial charge on any atom is 0.261 e. The van der Waals surface area contributed by atoms with Crippen LogP contribution in [0.5, 0.6) is 0 Å². The van der Waals surface area contributed by atoms with Crippen molar-refractivity contribution >= 4 is 16.9 Å². The Morgan fingerprint density at radius 2 is 1.75 bits per heavy atom. The first-order valence-electron chi connectivity index (χ1n) is 3.60. The van der Waals surface area contributed by atoms with Crippen LogP contribution in [-0.4, -0.2) is 20.9 Å². The maximum atomic E-state index is 10.9. The smallest absolute Gasteiger partial charge is 0.261 e. The lowest BCUT2D eigenvalue weighted by molar-refractivity contribution is 0.0904. The highest BCUT2D eigenvalue weighted by molar-refractivity contribution is 5.79. The van der Waals surface area contributed by atoms with Gasteiger partial charge in [0.25, 0.3) is 5.91 Å². The van der Waals surface area contributed by atoms with E-state index in [1.165, 1.54) is 6.92 Å². The molecule has 0 saturated heterocycles. The molecule has 0 amide bonds. The number of benzene rings is 1. The molecule has 60 valence electrons. The van der Waals surface area contributed by atoms with Gasteiger partial charge in [0.1, 0.15) is 11.0 Å². The van der Waals surface area contributed by atoms with Gasteiger partial charge in [0.15, 0.2) is 0 Å². The molecule has 4 heteroatoms. The van der Waals surface area contributed by atoms with Gasteiger partial charge in [-0.15, -0.1) is 15.0 Å². The van der Waals surface area contributed by atoms with Gasteiger partial charge in [-0.1, -0.05) is 12.1 Å². The Morgan fingerprint density at radius 3 is 2.17 bits per heavy atom. The monoisotopic (exact) mass is 161 g/mol. The van der Waals surface area contributed by atoms with Gasteiger partial charge < -0.3 is 0 Å². The van der Waals surface area contributed by atoms with Crippen LogP contribution in [0.1, 0.15) is 11.7 Å². The number of hydrogen-bond donors (Lipinski definition) is 0. The number of nitrogens with zero attached hydrogens (tertiary/aromatic N) is 3. The first kappa shape index (κ1) is 6.97. The summed E-state index contributed by atoms with van der Waals surface area (Å²) in [6, 6.07) is 7.37. The lowest BCUT2D eigenvalue weighted by atomic mass is 10.3. The summed E-state index contributed by atoms with van der Waals surface area (Å²) >= 11 is 0. The Balaban J connectivity index is 2.70. The van der Waals surface area contributed by atoms with Gasteiger partial charge in [-0.25, -0.2) is 0 Å². The molecule has 0 aliphatic heterocycles. The lowest BCUT2D eigenvalue weighted by Crippen LogP contribution is -2.08. The summed E-state index contributed by atoms with van der Waals surface area (Å²) in [4.78, 5) is 12.0. The number of carbonyl (C=O) groups excluding carboxylic acids is 1. The molecule has 0 radical (unpaired) electrons. The Bertz CT molecular complexity index is 400. The van der Waals surface area contributed by atoms with Crippen molar-refractivity contribution in [3.05, 3.63) is 24.3 Å². The van der Waals surface area contributed by atoms with Crippen LogP contribution in [0.4, 0.5) is 0 Å². The van der Waals surface area contributed by atoms with E-state index in [4.69, 9.17) is 0 Å². The van der Waals surface area contributed by atoms with E-state index in [0.29, 0.717) is 0 Å². The minimum atomic E-state index is -0.175. The Morgan fingerprint density at radius 1 is 1.25 bits per heavy atom. The number of aromatic nitrogens is 3. The summed E-state index contributed by atoms with van der Waals surface area (Å²) in [6.07, 6.45) is 0. The van der Waals surface area contributed by atoms with Crippen molar-refractivity contribution in [2.75, 3.05) is 0 Å². The summed E-state index contributed by atoms with van der Waals surface area (Å²) in [7, 11) is 0. The number of fused-ring (bicyclic) bond motifs is 1. The topological polar surface area (TPSA) is 47.8 Å². The predicted octanol–water partition coefficient (Wildman–Crippen LogP) is 1.09. The van der Waals surface area contributed by atoms with Crippen LogP contribution >= 0.6 is 0 Å². The zero-order valence-corrected chi connectivity index (χ0v) is 6.56. The first-order valence-corrected chi connectivity index (χ1v) is 3.60. The number of rotatable bonds is 0. The third-order valence-electron chi connectivity index (χ3n) is 1.57. The van der Waals surface area contributed by atoms with Crippen LogP contribution in [0.2, 0.25) is 0 Å². The van der Waals surface area contributed by atoms with E-state index in [-0.39, 0.29) is 5.91 Å². The first-order chi connectivity index (χ1) is 5.77. The Hall–Kier alpha value is -1.71. The van der Waals surface area contributed by atoms with Crippen LogP contribution < -0.4 is 0 Å². The van der Waals surface area contributed by atoms with Crippen molar-refractivity contribution < 1.29 is 4.79 Å². The van der Waals surface area contributed by atoms with Crippen molar-refractivity contribution in [2.45, 2.75) is 6.92 Å². The summed E-state index contributed by atoms with van der Waals surface area (Å²) in [5.74, 6) is -0.175. The Labute approximate surface area is 68.8 Å². The van der Waals surface area contributed by atoms with Crippen molar-refractivity contribution in [3.8, 4) is 0 Å². The average Bonchev–Trinajstić information content (AvgIpc) is 2.46. The zero-order chi connectivity index (χ0) is 8.55. The fourth-order valence-electron chi connectivity index (χ4n) is 1.00. The van der Waals surface area contributed by atoms with Crippen molar-refractivity contribution in [1.29, 1.82) is 0 Å². The van der Waals surface area contributed by atoms with Gasteiger partial charge in [-0.3, -0.25) is 4.79 Å². The van der Waals surface area contributed by atoms with Gasteiger partial charge in [0, 0.05) is 6.92 Å². The molecule has 1 aromatic carbocycles. The van der Waals surface area contributed by atoms with E-state index < -0.39 is 0 Å². The standard InChI is InChI=1S/C8H7N3O/c1-6(12)11-9-7-4-2-3-5-8(7)10-11/h2-5H,1H3. The SMILES string of the molecule is CC(=O)n1nc2ccccc2n1. The highest BCUT2D eigenvalue weighted by Gasteiger charge is 2.03. The third-order valence-corrected chi connectivity index (χ3v) is 1.57. The molecule has 0 N–H and O–H groups in total. The minimum Gasteiger partial charge on any atom is -0.271 e. The van der Waals surface area contributed by atoms with E-state index in [1.807, 2.05) is 24.3 Å². The molecule has 1 aromatic heterocycles. The van der Waals surface area contributed by atoms with Crippen molar-refractivity contribution in [3.63, 3.8) is 0 Å². The minimum absolute atomic E-state index is 0.175. The van der Waals surface area contributed by atoms with Gasteiger partial charge in [0.05, 0.1) is 0 Å². The van der Waals surface area contributed by atoms with Gasteiger partial charge in [0.2, 0.25) is 0 Å². The van der Waals surface area contributed by atoms with E-state index in [2.05, 4.69) is 10.2 Å². The van der Waals surface area contributed by atoms with Crippen LogP contribution in [0.3, 0.4) is 0 Å². The average molecular weight is 161 g/mol. The lowest BCUT2D eigenvalue weighted by Gasteiger charge is -1.85. The second-order valence-corrected chi connectivity index (χ2v) is 2.50. The van der Waals surface area contributed by atoms with Gasteiger partial charge in [-0.05, 0) is 12.1 Å². The molecular formula is C8H7N3O. The molecule has 0 aliphatic carbocycles. The fourth-order valence-corrected chi connectivity index (χ4v) is 1.00. The zero-order valence-electron chi connectivity index (χ0n) is 6.56. The molecule has 12 heavy (non-hydrogen) atoms. The number of hydrogen-bond acceptors (Lipinski definition) is 3. The second kappa shape index (κ2) is 2.41. The molecule has 1 heterocycles. The molecule has 0 aliphatic rings. The molecule has 2 rings (SSSR count). The molecule has 0 atom stereocenters. The normalized spacial score (nSPS) is 10.4. The van der Waals surface area contributed by atoms with Gasteiger partial charge in [-0.2, -0.15) is 0 Å². The quantitative estimate of drug-likeness (QED) is 0.581. The molecule has 0 unspecified atom stereocenters. The molecule has 0 fully saturated rings. The van der Waals surface area contributed by atoms with Crippen molar-refractivity contribution in [1.82, 2.24) is 15.0 Å². The maximum absolute atomic E-state index is 10.9. The van der Waals surface area contributed by atoms with E-state index in [0.717, 1.165) is 15.8 Å². The number of carbonyl (C=O) groups is 1. The van der Waals surface area contributed by atoms with E-state index in [1.54, 1.807) is 0 Å². The molecule has 0 bridgehead atoms. The highest BCUT2D eigenvalue weighted by atomic mass is 16.2. The van der Waals surface area contributed by atoms with Crippen LogP contribution in [0.15, 0.2) is 24.3 Å². The van der Waals surface area contributed by atoms with Crippen LogP contribution in [0, 0.1) is 0 Å². The van der Waals surface area contributed by atoms with Gasteiger partial charge >= 0.3 is 0 Å². The van der Waals surface area contributed by atoms with E-state index in [9.17, 15) is 4.79 Å². The third kappa shape index (κ3) is 0.972. The molecule has 2 aromatic rings. The van der Waals surface area contributed by atoms with Crippen LogP contribution in [0.25, 0.3) is 11.0 Å². The summed E-state index contributed by atoms with van der Waals surface area (Å²) in [5, 5.41) is 7.94. The highest BCUT2D eigenvalue weighted by Crippen LogP contribution is 2.06. The second-order valence-electron chi connectivity index (χ2n) is 2.50. The molecule has 0 spiro atoms. The summed E-state index contributed by atoms with van der Waals surface area (Å²) in [6.45, 7) is 1.43. The Kier molecular flexibility index (Phi) is 1.40. The molecule has 4 nitrogen and oxygen atoms in total. The molecule has 0 saturated carbocycles. The predicted molar refractivity (Wildman–Crippen MR) is 43.8 cm³/mol. The fraction of sp³-hybridized carbons (Fsp3) is 0.125. The van der Waals surface area contributed by atoms with Crippen LogP contribution in [-0.2, 0) is 0 Å². The largest absolute Gasteiger partial charge is 0.271 e. The summed E-state index contributed by atoms with van der Waals surface area (Å²) in [5.41, 5.74) is 1.49. The van der Waals surface area contributed by atoms with E-state index >= 15 is 0 Å². The molecular weight excluding hydrogens is 154 g/mol. The summed E-state index contributed by atoms with van der Waals surface area (Å²) < 4.78 is 0.